The number of benzene rings is 1. The predicted octanol–water partition coefficient (Wildman–Crippen LogP) is 3.29. The third kappa shape index (κ3) is 2.34. The van der Waals surface area contributed by atoms with Gasteiger partial charge in [-0.15, -0.1) is 0 Å². The van der Waals surface area contributed by atoms with Gasteiger partial charge in [-0.2, -0.15) is 5.26 Å². The smallest absolute Gasteiger partial charge is 0.0966 e. The van der Waals surface area contributed by atoms with Crippen LogP contribution in [0.4, 0.5) is 0 Å². The highest BCUT2D eigenvalue weighted by Gasteiger charge is 2.44. The van der Waals surface area contributed by atoms with Crippen LogP contribution in [0.5, 0.6) is 0 Å². The summed E-state index contributed by atoms with van der Waals surface area (Å²) in [5, 5.41) is 9.43. The molecule has 21 heavy (non-hydrogen) atoms. The highest BCUT2D eigenvalue weighted by Crippen LogP contribution is 2.44. The number of nitriles is 1. The monoisotopic (exact) mass is 281 g/mol. The normalized spacial score (nSPS) is 27.4. The largest absolute Gasteiger partial charge is 0.399 e. The summed E-state index contributed by atoms with van der Waals surface area (Å²) < 4.78 is 0. The van der Waals surface area contributed by atoms with Gasteiger partial charge in [-0.3, -0.25) is 4.90 Å². The zero-order chi connectivity index (χ0) is 14.7. The lowest BCUT2D eigenvalue weighted by Gasteiger charge is -2.48. The van der Waals surface area contributed by atoms with Crippen molar-refractivity contribution >= 4 is 0 Å². The Hall–Kier alpha value is -1.79. The van der Waals surface area contributed by atoms with Gasteiger partial charge in [-0.25, -0.2) is 0 Å². The SMILES string of the molecule is N#CC1=C(N)[C@@](c2ccccc2)(N2CCCCC2)CCC1. The molecule has 0 saturated carbocycles. The molecule has 3 heteroatoms. The Morgan fingerprint density at radius 3 is 2.43 bits per heavy atom. The molecule has 2 aliphatic rings. The van der Waals surface area contributed by atoms with Crippen LogP contribution in [0, 0.1) is 11.3 Å². The van der Waals surface area contributed by atoms with E-state index in [1.54, 1.807) is 0 Å². The van der Waals surface area contributed by atoms with Crippen molar-refractivity contribution in [3.8, 4) is 6.07 Å². The molecule has 2 N–H and O–H groups in total. The van der Waals surface area contributed by atoms with E-state index in [-0.39, 0.29) is 5.54 Å². The molecule has 0 aromatic heterocycles. The standard InChI is InChI=1S/C18H23N3/c19-14-15-8-7-11-18(17(15)20,16-9-3-1-4-10-16)21-12-5-2-6-13-21/h1,3-4,9-10H,2,5-8,11-13,20H2/t18-/m1/s1. The average molecular weight is 281 g/mol. The van der Waals surface area contributed by atoms with Gasteiger partial charge in [-0.05, 0) is 50.8 Å². The van der Waals surface area contributed by atoms with E-state index in [1.165, 1.54) is 24.8 Å². The van der Waals surface area contributed by atoms with Crippen LogP contribution in [0.25, 0.3) is 0 Å². The molecule has 3 nitrogen and oxygen atoms in total. The third-order valence-electron chi connectivity index (χ3n) is 5.02. The number of hydrogen-bond donors (Lipinski definition) is 1. The molecule has 1 aliphatic carbocycles. The van der Waals surface area contributed by atoms with Gasteiger partial charge >= 0.3 is 0 Å². The van der Waals surface area contributed by atoms with Crippen LogP contribution in [0.15, 0.2) is 41.6 Å². The summed E-state index contributed by atoms with van der Waals surface area (Å²) in [6.07, 6.45) is 6.64. The Morgan fingerprint density at radius 2 is 1.76 bits per heavy atom. The summed E-state index contributed by atoms with van der Waals surface area (Å²) in [5.41, 5.74) is 9.12. The van der Waals surface area contributed by atoms with Crippen LogP contribution in [0.2, 0.25) is 0 Å². The van der Waals surface area contributed by atoms with E-state index in [2.05, 4.69) is 35.2 Å². The summed E-state index contributed by atoms with van der Waals surface area (Å²) in [4.78, 5) is 2.53. The molecule has 1 atom stereocenters. The van der Waals surface area contributed by atoms with Crippen molar-refractivity contribution in [2.45, 2.75) is 44.1 Å². The van der Waals surface area contributed by atoms with E-state index in [0.29, 0.717) is 0 Å². The van der Waals surface area contributed by atoms with Gasteiger partial charge in [0, 0.05) is 5.70 Å². The first-order valence-electron chi connectivity index (χ1n) is 7.99. The van der Waals surface area contributed by atoms with Crippen molar-refractivity contribution in [1.82, 2.24) is 4.90 Å². The molecule has 1 aromatic carbocycles. The van der Waals surface area contributed by atoms with Crippen molar-refractivity contribution in [3.05, 3.63) is 47.2 Å². The van der Waals surface area contributed by atoms with Crippen LogP contribution in [0.1, 0.15) is 44.1 Å². The second kappa shape index (κ2) is 5.91. The number of rotatable bonds is 2. The minimum atomic E-state index is -0.259. The Kier molecular flexibility index (Phi) is 3.98. The number of nitrogens with two attached hydrogens (primary N) is 1. The average Bonchev–Trinajstić information content (AvgIpc) is 2.57. The molecule has 1 heterocycles. The third-order valence-corrected chi connectivity index (χ3v) is 5.02. The fourth-order valence-electron chi connectivity index (χ4n) is 3.96. The maximum absolute atomic E-state index is 9.43. The Labute approximate surface area is 127 Å². The molecular formula is C18H23N3. The zero-order valence-electron chi connectivity index (χ0n) is 12.5. The highest BCUT2D eigenvalue weighted by molar-refractivity contribution is 5.43. The van der Waals surface area contributed by atoms with Crippen molar-refractivity contribution in [2.24, 2.45) is 5.73 Å². The van der Waals surface area contributed by atoms with Crippen molar-refractivity contribution < 1.29 is 0 Å². The van der Waals surface area contributed by atoms with E-state index in [0.717, 1.165) is 43.6 Å². The first-order valence-corrected chi connectivity index (χ1v) is 7.99. The summed E-state index contributed by atoms with van der Waals surface area (Å²) in [7, 11) is 0. The molecule has 0 unspecified atom stereocenters. The number of nitrogens with zero attached hydrogens (tertiary/aromatic N) is 2. The topological polar surface area (TPSA) is 53.1 Å². The van der Waals surface area contributed by atoms with Crippen LogP contribution in [-0.4, -0.2) is 18.0 Å². The molecule has 0 radical (unpaired) electrons. The van der Waals surface area contributed by atoms with Crippen molar-refractivity contribution in [2.75, 3.05) is 13.1 Å². The van der Waals surface area contributed by atoms with E-state index < -0.39 is 0 Å². The van der Waals surface area contributed by atoms with Crippen molar-refractivity contribution in [3.63, 3.8) is 0 Å². The van der Waals surface area contributed by atoms with Gasteiger partial charge in [0.05, 0.1) is 17.2 Å². The molecule has 1 fully saturated rings. The van der Waals surface area contributed by atoms with Gasteiger partial charge in [-0.1, -0.05) is 36.8 Å². The lowest BCUT2D eigenvalue weighted by molar-refractivity contribution is 0.0767. The maximum atomic E-state index is 9.43. The molecule has 3 rings (SSSR count). The fourth-order valence-corrected chi connectivity index (χ4v) is 3.96. The first-order chi connectivity index (χ1) is 10.3. The maximum Gasteiger partial charge on any atom is 0.0966 e. The van der Waals surface area contributed by atoms with Gasteiger partial charge < -0.3 is 5.73 Å². The van der Waals surface area contributed by atoms with E-state index in [4.69, 9.17) is 5.73 Å². The molecule has 1 aliphatic heterocycles. The minimum absolute atomic E-state index is 0.259. The lowest BCUT2D eigenvalue weighted by atomic mass is 9.74. The van der Waals surface area contributed by atoms with Crippen LogP contribution >= 0.6 is 0 Å². The molecule has 0 spiro atoms. The molecule has 1 saturated heterocycles. The van der Waals surface area contributed by atoms with Gasteiger partial charge in [0.25, 0.3) is 0 Å². The molecule has 0 amide bonds. The number of piperidine rings is 1. The second-order valence-corrected chi connectivity index (χ2v) is 6.13. The number of allylic oxidation sites excluding steroid dienone is 1. The van der Waals surface area contributed by atoms with E-state index in [1.807, 2.05) is 6.07 Å². The van der Waals surface area contributed by atoms with Crippen molar-refractivity contribution in [1.29, 1.82) is 5.26 Å². The number of likely N-dealkylation sites (tertiary alicyclic amines) is 1. The zero-order valence-corrected chi connectivity index (χ0v) is 12.5. The first kappa shape index (κ1) is 14.2. The Bertz CT molecular complexity index is 564. The quantitative estimate of drug-likeness (QED) is 0.905. The summed E-state index contributed by atoms with van der Waals surface area (Å²) >= 11 is 0. The molecule has 110 valence electrons. The molecule has 0 bridgehead atoms. The summed E-state index contributed by atoms with van der Waals surface area (Å²) in [5.74, 6) is 0. The predicted molar refractivity (Wildman–Crippen MR) is 84.2 cm³/mol. The summed E-state index contributed by atoms with van der Waals surface area (Å²) in [6, 6.07) is 12.9. The summed E-state index contributed by atoms with van der Waals surface area (Å²) in [6.45, 7) is 2.16. The lowest BCUT2D eigenvalue weighted by Crippen LogP contribution is -2.53. The van der Waals surface area contributed by atoms with Crippen LogP contribution < -0.4 is 5.73 Å². The Morgan fingerprint density at radius 1 is 1.05 bits per heavy atom. The minimum Gasteiger partial charge on any atom is -0.399 e. The van der Waals surface area contributed by atoms with Crippen LogP contribution in [-0.2, 0) is 5.54 Å². The number of hydrogen-bond acceptors (Lipinski definition) is 3. The van der Waals surface area contributed by atoms with E-state index in [9.17, 15) is 5.26 Å². The van der Waals surface area contributed by atoms with Gasteiger partial charge in [0.2, 0.25) is 0 Å². The van der Waals surface area contributed by atoms with Gasteiger partial charge in [0.1, 0.15) is 0 Å². The van der Waals surface area contributed by atoms with Gasteiger partial charge in [0.15, 0.2) is 0 Å². The Balaban J connectivity index is 2.13. The van der Waals surface area contributed by atoms with Crippen LogP contribution in [0.3, 0.4) is 0 Å². The second-order valence-electron chi connectivity index (χ2n) is 6.13. The highest BCUT2D eigenvalue weighted by atomic mass is 15.2. The molecular weight excluding hydrogens is 258 g/mol. The molecule has 1 aromatic rings. The fraction of sp³-hybridized carbons (Fsp3) is 0.500. The van der Waals surface area contributed by atoms with E-state index >= 15 is 0 Å².